The topological polar surface area (TPSA) is 75.3 Å². The van der Waals surface area contributed by atoms with Crippen LogP contribution in [0, 0.1) is 5.92 Å². The first-order valence-electron chi connectivity index (χ1n) is 9.64. The molecule has 2 rings (SSSR count). The van der Waals surface area contributed by atoms with Crippen LogP contribution in [-0.2, 0) is 23.8 Å². The molecule has 1 aromatic carbocycles. The maximum Gasteiger partial charge on any atom is 0.366 e. The minimum atomic E-state index is -1.28. The number of carbonyl (C=O) groups is 1. The van der Waals surface area contributed by atoms with Crippen LogP contribution in [0.1, 0.15) is 38.7 Å². The summed E-state index contributed by atoms with van der Waals surface area (Å²) >= 11 is 0. The molecule has 1 aliphatic heterocycles. The van der Waals surface area contributed by atoms with Crippen LogP contribution in [0.4, 0.5) is 0 Å². The van der Waals surface area contributed by atoms with E-state index >= 15 is 0 Å². The number of hydrogen-bond acceptors (Lipinski definition) is 7. The third kappa shape index (κ3) is 6.51. The quantitative estimate of drug-likeness (QED) is 0.351. The lowest BCUT2D eigenvalue weighted by atomic mass is 10.0. The van der Waals surface area contributed by atoms with Crippen LogP contribution < -0.4 is 10.2 Å². The van der Waals surface area contributed by atoms with E-state index in [9.17, 15) is 4.79 Å². The van der Waals surface area contributed by atoms with Gasteiger partial charge in [0, 0.05) is 12.8 Å². The van der Waals surface area contributed by atoms with Crippen LogP contribution in [0.15, 0.2) is 30.8 Å². The Kier molecular flexibility index (Phi) is 8.76. The highest BCUT2D eigenvalue weighted by Crippen LogP contribution is 2.25. The number of esters is 1. The van der Waals surface area contributed by atoms with Crippen molar-refractivity contribution in [3.05, 3.63) is 36.4 Å². The van der Waals surface area contributed by atoms with Gasteiger partial charge in [-0.25, -0.2) is 4.79 Å². The Morgan fingerprint density at radius 3 is 2.54 bits per heavy atom. The van der Waals surface area contributed by atoms with Crippen LogP contribution in [0.5, 0.6) is 5.75 Å². The van der Waals surface area contributed by atoms with Crippen molar-refractivity contribution < 1.29 is 28.6 Å². The average molecular weight is 393 g/mol. The SMILES string of the molecule is C=C(NOCCCCC1COC(C)(C(=O)OC)OC1)c1ccc(OCC)cc1. The van der Waals surface area contributed by atoms with Gasteiger partial charge in [0.15, 0.2) is 0 Å². The van der Waals surface area contributed by atoms with Crippen molar-refractivity contribution in [3.8, 4) is 5.75 Å². The number of hydroxylamine groups is 1. The first-order valence-corrected chi connectivity index (χ1v) is 9.64. The molecule has 1 aliphatic rings. The second-order valence-electron chi connectivity index (χ2n) is 6.81. The summed E-state index contributed by atoms with van der Waals surface area (Å²) in [5, 5.41) is 0. The molecule has 1 saturated heterocycles. The molecule has 28 heavy (non-hydrogen) atoms. The molecule has 1 heterocycles. The van der Waals surface area contributed by atoms with E-state index in [0.717, 1.165) is 30.6 Å². The van der Waals surface area contributed by atoms with E-state index in [0.29, 0.717) is 32.1 Å². The van der Waals surface area contributed by atoms with Crippen molar-refractivity contribution in [1.29, 1.82) is 0 Å². The lowest BCUT2D eigenvalue weighted by Crippen LogP contribution is -2.48. The number of nitrogens with one attached hydrogen (secondary N) is 1. The van der Waals surface area contributed by atoms with Gasteiger partial charge in [-0.3, -0.25) is 10.3 Å². The van der Waals surface area contributed by atoms with E-state index in [1.54, 1.807) is 6.92 Å². The Morgan fingerprint density at radius 1 is 1.25 bits per heavy atom. The summed E-state index contributed by atoms with van der Waals surface area (Å²) in [4.78, 5) is 17.1. The van der Waals surface area contributed by atoms with Crippen molar-refractivity contribution in [2.24, 2.45) is 5.92 Å². The fraction of sp³-hybridized carbons (Fsp3) is 0.571. The molecular weight excluding hydrogens is 362 g/mol. The monoisotopic (exact) mass is 393 g/mol. The van der Waals surface area contributed by atoms with Crippen LogP contribution in [0.2, 0.25) is 0 Å². The van der Waals surface area contributed by atoms with Crippen LogP contribution in [0.3, 0.4) is 0 Å². The maximum atomic E-state index is 11.6. The summed E-state index contributed by atoms with van der Waals surface area (Å²) < 4.78 is 21.2. The molecule has 0 spiro atoms. The molecule has 0 atom stereocenters. The molecule has 0 aromatic heterocycles. The number of rotatable bonds is 11. The van der Waals surface area contributed by atoms with Crippen molar-refractivity contribution in [3.63, 3.8) is 0 Å². The highest BCUT2D eigenvalue weighted by molar-refractivity contribution is 5.77. The van der Waals surface area contributed by atoms with Crippen molar-refractivity contribution >= 4 is 11.7 Å². The zero-order valence-electron chi connectivity index (χ0n) is 17.0. The van der Waals surface area contributed by atoms with Crippen LogP contribution >= 0.6 is 0 Å². The lowest BCUT2D eigenvalue weighted by Gasteiger charge is -2.35. The summed E-state index contributed by atoms with van der Waals surface area (Å²) in [6.07, 6.45) is 2.82. The number of ether oxygens (including phenoxy) is 4. The zero-order chi connectivity index (χ0) is 20.4. The predicted molar refractivity (Wildman–Crippen MR) is 105 cm³/mol. The normalized spacial score (nSPS) is 21.8. The van der Waals surface area contributed by atoms with E-state index in [1.807, 2.05) is 31.2 Å². The Bertz CT molecular complexity index is 622. The van der Waals surface area contributed by atoms with E-state index in [4.69, 9.17) is 23.8 Å². The number of hydrogen-bond donors (Lipinski definition) is 1. The van der Waals surface area contributed by atoms with Crippen molar-refractivity contribution in [1.82, 2.24) is 5.48 Å². The summed E-state index contributed by atoms with van der Waals surface area (Å²) in [5.41, 5.74) is 4.54. The fourth-order valence-electron chi connectivity index (χ4n) is 2.84. The van der Waals surface area contributed by atoms with Crippen molar-refractivity contribution in [2.45, 2.75) is 38.9 Å². The maximum absolute atomic E-state index is 11.6. The third-order valence-corrected chi connectivity index (χ3v) is 4.56. The molecule has 0 saturated carbocycles. The molecule has 0 unspecified atom stereocenters. The molecule has 0 aliphatic carbocycles. The van der Waals surface area contributed by atoms with Gasteiger partial charge in [-0.2, -0.15) is 0 Å². The van der Waals surface area contributed by atoms with E-state index < -0.39 is 11.8 Å². The van der Waals surface area contributed by atoms with E-state index in [-0.39, 0.29) is 5.92 Å². The summed E-state index contributed by atoms with van der Waals surface area (Å²) in [6, 6.07) is 7.69. The largest absolute Gasteiger partial charge is 0.494 e. The Morgan fingerprint density at radius 2 is 1.93 bits per heavy atom. The Labute approximate surface area is 166 Å². The van der Waals surface area contributed by atoms with Gasteiger partial charge in [-0.05, 0) is 49.6 Å². The van der Waals surface area contributed by atoms with Crippen LogP contribution in [0.25, 0.3) is 5.70 Å². The number of benzene rings is 1. The second kappa shape index (κ2) is 11.0. The first kappa shape index (κ1) is 22.2. The standard InChI is InChI=1S/C21H31NO6/c1-5-25-19-11-9-18(10-12-19)16(2)22-28-13-7-6-8-17-14-26-21(3,27-15-17)20(23)24-4/h9-12,17,22H,2,5-8,13-15H2,1,3-4H3. The van der Waals surface area contributed by atoms with E-state index in [1.165, 1.54) is 7.11 Å². The van der Waals surface area contributed by atoms with Gasteiger partial charge in [-0.15, -0.1) is 0 Å². The van der Waals surface area contributed by atoms with Gasteiger partial charge < -0.3 is 18.9 Å². The summed E-state index contributed by atoms with van der Waals surface area (Å²) in [5.74, 6) is -0.676. The molecule has 156 valence electrons. The molecule has 0 amide bonds. The molecular formula is C21H31NO6. The van der Waals surface area contributed by atoms with Crippen LogP contribution in [-0.4, -0.2) is 45.3 Å². The highest BCUT2D eigenvalue weighted by Gasteiger charge is 2.41. The van der Waals surface area contributed by atoms with Crippen molar-refractivity contribution in [2.75, 3.05) is 33.5 Å². The average Bonchev–Trinajstić information content (AvgIpc) is 2.72. The molecule has 7 heteroatoms. The highest BCUT2D eigenvalue weighted by atomic mass is 16.7. The van der Waals surface area contributed by atoms with Gasteiger partial charge in [-0.1, -0.05) is 13.0 Å². The zero-order valence-corrected chi connectivity index (χ0v) is 17.0. The van der Waals surface area contributed by atoms with Gasteiger partial charge in [0.05, 0.1) is 39.2 Å². The van der Waals surface area contributed by atoms with Gasteiger partial charge in [0.25, 0.3) is 5.79 Å². The second-order valence-corrected chi connectivity index (χ2v) is 6.81. The van der Waals surface area contributed by atoms with E-state index in [2.05, 4.69) is 12.1 Å². The number of carbonyl (C=O) groups excluding carboxylic acids is 1. The smallest absolute Gasteiger partial charge is 0.366 e. The number of unbranched alkanes of at least 4 members (excludes halogenated alkanes) is 1. The minimum Gasteiger partial charge on any atom is -0.494 e. The summed E-state index contributed by atoms with van der Waals surface area (Å²) in [7, 11) is 1.32. The molecule has 1 N–H and O–H groups in total. The molecule has 1 fully saturated rings. The lowest BCUT2D eigenvalue weighted by molar-refractivity contribution is -0.272. The molecule has 0 bridgehead atoms. The first-order chi connectivity index (χ1) is 13.5. The molecule has 7 nitrogen and oxygen atoms in total. The molecule has 1 aromatic rings. The Hall–Kier alpha value is -2.09. The van der Waals surface area contributed by atoms with Gasteiger partial charge in [0.1, 0.15) is 5.75 Å². The molecule has 0 radical (unpaired) electrons. The third-order valence-electron chi connectivity index (χ3n) is 4.56. The minimum absolute atomic E-state index is 0.268. The van der Waals surface area contributed by atoms with Gasteiger partial charge in [0.2, 0.25) is 0 Å². The Balaban J connectivity index is 1.56. The van der Waals surface area contributed by atoms with Gasteiger partial charge >= 0.3 is 5.97 Å². The fourth-order valence-corrected chi connectivity index (χ4v) is 2.84. The predicted octanol–water partition coefficient (Wildman–Crippen LogP) is 3.30. The number of methoxy groups -OCH3 is 1. The summed E-state index contributed by atoms with van der Waals surface area (Å²) in [6.45, 7) is 9.71.